The van der Waals surface area contributed by atoms with Crippen molar-refractivity contribution in [2.75, 3.05) is 24.6 Å². The molecular weight excluding hydrogens is 351 g/mol. The zero-order chi connectivity index (χ0) is 13.7. The van der Waals surface area contributed by atoms with Gasteiger partial charge >= 0.3 is 126 Å². The Morgan fingerprint density at radius 1 is 1.53 bits per heavy atom. The Morgan fingerprint density at radius 2 is 2.37 bits per heavy atom. The van der Waals surface area contributed by atoms with Crippen LogP contribution in [0.1, 0.15) is 46.0 Å². The second kappa shape index (κ2) is 7.84. The van der Waals surface area contributed by atoms with Crippen LogP contribution in [0.4, 0.5) is 0 Å². The number of nitrogens with zero attached hydrogens (tertiary/aromatic N) is 1. The van der Waals surface area contributed by atoms with E-state index in [0.29, 0.717) is 0 Å². The molecule has 4 heteroatoms. The molecule has 2 aliphatic rings. The molecule has 2 rings (SSSR count). The Morgan fingerprint density at radius 3 is 3.11 bits per heavy atom. The molecule has 1 saturated heterocycles. The topological polar surface area (TPSA) is 24.5 Å². The molecule has 2 atom stereocenters. The van der Waals surface area contributed by atoms with Crippen LogP contribution in [0.25, 0.3) is 0 Å². The molecule has 1 fully saturated rings. The van der Waals surface area contributed by atoms with Crippen LogP contribution in [0, 0.1) is 0 Å². The van der Waals surface area contributed by atoms with Crippen molar-refractivity contribution in [2.45, 2.75) is 56.1 Å². The Balaban J connectivity index is 1.91. The summed E-state index contributed by atoms with van der Waals surface area (Å²) in [5.41, 5.74) is 1.49. The van der Waals surface area contributed by atoms with E-state index in [4.69, 9.17) is 4.74 Å². The Kier molecular flexibility index (Phi) is 6.42. The van der Waals surface area contributed by atoms with E-state index < -0.39 is 20.1 Å². The summed E-state index contributed by atoms with van der Waals surface area (Å²) in [4.78, 5) is 0. The minimum atomic E-state index is -1.01. The fraction of sp³-hybridized carbons (Fsp3) is 0.867. The molecule has 0 spiro atoms. The molecule has 0 aromatic carbocycles. The van der Waals surface area contributed by atoms with Crippen molar-refractivity contribution in [1.29, 1.82) is 0 Å². The van der Waals surface area contributed by atoms with E-state index in [1.165, 1.54) is 42.2 Å². The summed E-state index contributed by atoms with van der Waals surface area (Å²) in [6, 6.07) is 0. The minimum absolute atomic E-state index is 0.265. The first-order chi connectivity index (χ1) is 9.27. The van der Waals surface area contributed by atoms with Crippen molar-refractivity contribution in [3.05, 3.63) is 11.8 Å². The summed E-state index contributed by atoms with van der Waals surface area (Å²) in [7, 11) is 1.87. The first kappa shape index (κ1) is 15.6. The maximum absolute atomic E-state index is 5.80. The summed E-state index contributed by atoms with van der Waals surface area (Å²) in [6.45, 7) is 6.62. The fourth-order valence-corrected chi connectivity index (χ4v) is 10.7. The van der Waals surface area contributed by atoms with Crippen molar-refractivity contribution in [3.63, 3.8) is 0 Å². The van der Waals surface area contributed by atoms with Gasteiger partial charge in [-0.05, 0) is 0 Å². The third kappa shape index (κ3) is 3.85. The van der Waals surface area contributed by atoms with Crippen LogP contribution in [0.15, 0.2) is 11.8 Å². The molecule has 0 aromatic heterocycles. The number of allylic oxidation sites excluding steroid dienone is 2. The molecule has 2 aliphatic heterocycles. The third-order valence-corrected chi connectivity index (χ3v) is 11.3. The first-order valence-electron chi connectivity index (χ1n) is 7.63. The average molecular weight is 380 g/mol. The molecule has 2 unspecified atom stereocenters. The van der Waals surface area contributed by atoms with Gasteiger partial charge in [0.05, 0.1) is 0 Å². The summed E-state index contributed by atoms with van der Waals surface area (Å²) in [6.07, 6.45) is 9.63. The number of fused-ring (bicyclic) bond motifs is 1. The van der Waals surface area contributed by atoms with Crippen LogP contribution >= 0.6 is 20.1 Å². The third-order valence-electron chi connectivity index (χ3n) is 3.92. The van der Waals surface area contributed by atoms with Crippen LogP contribution in [0.3, 0.4) is 0 Å². The predicted molar refractivity (Wildman–Crippen MR) is 90.7 cm³/mol. The number of alkyl halides is 2. The molecule has 112 valence electrons. The normalized spacial score (nSPS) is 26.3. The molecule has 1 N–H and O–H groups in total. The molecule has 0 aromatic rings. The van der Waals surface area contributed by atoms with E-state index in [2.05, 4.69) is 28.4 Å². The van der Waals surface area contributed by atoms with Gasteiger partial charge in [-0.15, -0.1) is 0 Å². The Bertz CT molecular complexity index is 309. The van der Waals surface area contributed by atoms with Crippen LogP contribution in [-0.4, -0.2) is 37.9 Å². The van der Waals surface area contributed by atoms with Crippen molar-refractivity contribution >= 4 is 20.1 Å². The molecule has 0 saturated carbocycles. The monoisotopic (exact) mass is 380 g/mol. The number of methoxy groups -OCH3 is 1. The van der Waals surface area contributed by atoms with Gasteiger partial charge in [-0.1, -0.05) is 0 Å². The van der Waals surface area contributed by atoms with Gasteiger partial charge in [0.2, 0.25) is 0 Å². The molecule has 2 heterocycles. The molecular formula is C15H29IN2O. The molecule has 0 aliphatic carbocycles. The van der Waals surface area contributed by atoms with E-state index in [1.807, 2.05) is 7.11 Å². The maximum atomic E-state index is 5.80. The quantitative estimate of drug-likeness (QED) is 0.317. The summed E-state index contributed by atoms with van der Waals surface area (Å²) < 4.78 is 10.9. The standard InChI is InChI=1S/C15H29IN2O/c1-4-5-10-17-12-15(19-3)18-13(2)11-14-8-6-7-9-16(14)18/h11,14-15,17H,4-10,12H2,1-3H3. The number of unbranched alkanes of at least 4 members (excludes halogenated alkanes) is 1. The number of hydrogen-bond acceptors (Lipinski definition) is 3. The zero-order valence-electron chi connectivity index (χ0n) is 12.6. The number of halogens is 1. The van der Waals surface area contributed by atoms with Gasteiger partial charge in [-0.3, -0.25) is 0 Å². The van der Waals surface area contributed by atoms with Crippen LogP contribution in [0.2, 0.25) is 0 Å². The van der Waals surface area contributed by atoms with Gasteiger partial charge in [-0.25, -0.2) is 0 Å². The van der Waals surface area contributed by atoms with E-state index in [-0.39, 0.29) is 6.23 Å². The Hall–Kier alpha value is 0.190. The average Bonchev–Trinajstić information content (AvgIpc) is 2.75. The van der Waals surface area contributed by atoms with Gasteiger partial charge in [0.1, 0.15) is 0 Å². The van der Waals surface area contributed by atoms with Crippen molar-refractivity contribution in [2.24, 2.45) is 0 Å². The van der Waals surface area contributed by atoms with Crippen LogP contribution in [-0.2, 0) is 4.74 Å². The summed E-state index contributed by atoms with van der Waals surface area (Å²) >= 11 is -1.01. The summed E-state index contributed by atoms with van der Waals surface area (Å²) in [5.74, 6) is 0. The molecule has 19 heavy (non-hydrogen) atoms. The van der Waals surface area contributed by atoms with Gasteiger partial charge in [0.25, 0.3) is 0 Å². The second-order valence-electron chi connectivity index (χ2n) is 5.44. The van der Waals surface area contributed by atoms with E-state index in [9.17, 15) is 0 Å². The van der Waals surface area contributed by atoms with Gasteiger partial charge < -0.3 is 0 Å². The fourth-order valence-electron chi connectivity index (χ4n) is 2.87. The molecule has 0 amide bonds. The van der Waals surface area contributed by atoms with Crippen LogP contribution < -0.4 is 5.32 Å². The van der Waals surface area contributed by atoms with E-state index in [1.54, 1.807) is 0 Å². The van der Waals surface area contributed by atoms with Crippen molar-refractivity contribution in [3.8, 4) is 0 Å². The number of ether oxygens (including phenoxy) is 1. The predicted octanol–water partition coefficient (Wildman–Crippen LogP) is 3.54. The molecule has 0 radical (unpaired) electrons. The van der Waals surface area contributed by atoms with Crippen molar-refractivity contribution < 1.29 is 4.74 Å². The van der Waals surface area contributed by atoms with Gasteiger partial charge in [0.15, 0.2) is 0 Å². The summed E-state index contributed by atoms with van der Waals surface area (Å²) in [5, 5.41) is 3.56. The van der Waals surface area contributed by atoms with E-state index >= 15 is 0 Å². The molecule has 3 nitrogen and oxygen atoms in total. The number of rotatable bonds is 7. The van der Waals surface area contributed by atoms with Gasteiger partial charge in [0, 0.05) is 0 Å². The first-order valence-corrected chi connectivity index (χ1v) is 11.4. The zero-order valence-corrected chi connectivity index (χ0v) is 14.8. The second-order valence-corrected chi connectivity index (χ2v) is 11.3. The van der Waals surface area contributed by atoms with Gasteiger partial charge in [-0.2, -0.15) is 0 Å². The molecule has 0 bridgehead atoms. The Labute approximate surface area is 125 Å². The number of nitrogens with one attached hydrogen (secondary N) is 1. The number of hydrogen-bond donors (Lipinski definition) is 1. The van der Waals surface area contributed by atoms with Crippen molar-refractivity contribution in [1.82, 2.24) is 8.43 Å². The van der Waals surface area contributed by atoms with E-state index in [0.717, 1.165) is 17.0 Å². The SMILES string of the molecule is CCCCNCC(OC)N1C(C)=CC2CCCCI21. The van der Waals surface area contributed by atoms with Crippen LogP contribution in [0.5, 0.6) is 0 Å².